The number of rotatable bonds is 4. The van der Waals surface area contributed by atoms with Gasteiger partial charge in [-0.25, -0.2) is 0 Å². The van der Waals surface area contributed by atoms with Gasteiger partial charge < -0.3 is 10.2 Å². The minimum Gasteiger partial charge on any atom is -0.481 e. The van der Waals surface area contributed by atoms with Gasteiger partial charge in [0.15, 0.2) is 0 Å². The molecule has 0 aromatic heterocycles. The summed E-state index contributed by atoms with van der Waals surface area (Å²) in [5.41, 5.74) is 0.937. The second kappa shape index (κ2) is 3.84. The number of aliphatic hydroxyl groups is 1. The summed E-state index contributed by atoms with van der Waals surface area (Å²) in [4.78, 5) is 10.8. The molecule has 3 nitrogen and oxygen atoms in total. The zero-order valence-electron chi connectivity index (χ0n) is 10.2. The molecule has 0 amide bonds. The summed E-state index contributed by atoms with van der Waals surface area (Å²) in [6.45, 7) is 3.84. The molecule has 1 aromatic rings. The van der Waals surface area contributed by atoms with Gasteiger partial charge in [0.05, 0.1) is 12.0 Å². The van der Waals surface area contributed by atoms with Crippen LogP contribution in [0.2, 0.25) is 0 Å². The molecule has 3 heteroatoms. The van der Waals surface area contributed by atoms with Crippen LogP contribution in [0.15, 0.2) is 24.3 Å². The van der Waals surface area contributed by atoms with Crippen molar-refractivity contribution in [1.82, 2.24) is 0 Å². The molecule has 0 aliphatic heterocycles. The van der Waals surface area contributed by atoms with Crippen LogP contribution in [0.4, 0.5) is 0 Å². The molecule has 0 heterocycles. The highest BCUT2D eigenvalue weighted by atomic mass is 16.4. The van der Waals surface area contributed by atoms with E-state index in [4.69, 9.17) is 5.11 Å². The first-order valence-corrected chi connectivity index (χ1v) is 5.89. The summed E-state index contributed by atoms with van der Waals surface area (Å²) in [6.07, 6.45) is 1.76. The average molecular weight is 234 g/mol. The third-order valence-electron chi connectivity index (χ3n) is 3.52. The number of aliphatic carboxylic acids is 1. The van der Waals surface area contributed by atoms with Crippen LogP contribution in [0.5, 0.6) is 0 Å². The van der Waals surface area contributed by atoms with E-state index in [0.29, 0.717) is 0 Å². The Bertz CT molecular complexity index is 427. The Morgan fingerprint density at radius 3 is 2.24 bits per heavy atom. The van der Waals surface area contributed by atoms with Gasteiger partial charge in [-0.2, -0.15) is 0 Å². The Kier molecular flexibility index (Phi) is 2.74. The van der Waals surface area contributed by atoms with Crippen molar-refractivity contribution in [3.8, 4) is 0 Å². The average Bonchev–Trinajstić information content (AvgIpc) is 2.96. The molecule has 1 aliphatic carbocycles. The summed E-state index contributed by atoms with van der Waals surface area (Å²) in [5.74, 6) is -0.792. The van der Waals surface area contributed by atoms with Crippen molar-refractivity contribution in [2.24, 2.45) is 0 Å². The molecule has 0 atom stereocenters. The Labute approximate surface area is 101 Å². The lowest BCUT2D eigenvalue weighted by molar-refractivity contribution is -0.138. The molecule has 0 spiro atoms. The zero-order chi connectivity index (χ0) is 12.7. The molecule has 0 bridgehead atoms. The lowest BCUT2D eigenvalue weighted by Crippen LogP contribution is -2.21. The largest absolute Gasteiger partial charge is 0.481 e. The predicted molar refractivity (Wildman–Crippen MR) is 64.9 cm³/mol. The normalized spacial score (nSPS) is 17.8. The molecule has 1 aromatic carbocycles. The maximum Gasteiger partial charge on any atom is 0.304 e. The number of hydrogen-bond donors (Lipinski definition) is 2. The molecule has 17 heavy (non-hydrogen) atoms. The molecule has 1 fully saturated rings. The molecule has 0 unspecified atom stereocenters. The van der Waals surface area contributed by atoms with Crippen LogP contribution in [0.25, 0.3) is 0 Å². The summed E-state index contributed by atoms with van der Waals surface area (Å²) in [5, 5.41) is 18.8. The molecule has 0 radical (unpaired) electrons. The van der Waals surface area contributed by atoms with Gasteiger partial charge in [0.25, 0.3) is 0 Å². The van der Waals surface area contributed by atoms with Gasteiger partial charge >= 0.3 is 5.97 Å². The number of carboxylic acids is 1. The fourth-order valence-corrected chi connectivity index (χ4v) is 2.12. The fraction of sp³-hybridized carbons (Fsp3) is 0.500. The van der Waals surface area contributed by atoms with Crippen molar-refractivity contribution in [2.75, 3.05) is 0 Å². The summed E-state index contributed by atoms with van der Waals surface area (Å²) in [6, 6.07) is 7.67. The van der Waals surface area contributed by atoms with Gasteiger partial charge in [0.2, 0.25) is 0 Å². The van der Waals surface area contributed by atoms with E-state index in [-0.39, 0.29) is 11.8 Å². The minimum absolute atomic E-state index is 0.108. The highest BCUT2D eigenvalue weighted by Crippen LogP contribution is 2.45. The Morgan fingerprint density at radius 2 is 1.82 bits per heavy atom. The summed E-state index contributed by atoms with van der Waals surface area (Å²) >= 11 is 0. The van der Waals surface area contributed by atoms with Crippen LogP contribution in [0.1, 0.15) is 44.2 Å². The smallest absolute Gasteiger partial charge is 0.304 e. The second-order valence-electron chi connectivity index (χ2n) is 5.56. The van der Waals surface area contributed by atoms with Gasteiger partial charge in [-0.3, -0.25) is 4.79 Å². The van der Waals surface area contributed by atoms with Crippen LogP contribution in [0.3, 0.4) is 0 Å². The Hall–Kier alpha value is -1.35. The summed E-state index contributed by atoms with van der Waals surface area (Å²) < 4.78 is 0. The zero-order valence-corrected chi connectivity index (χ0v) is 10.2. The van der Waals surface area contributed by atoms with Gasteiger partial charge in [0, 0.05) is 5.41 Å². The van der Waals surface area contributed by atoms with Gasteiger partial charge in [0.1, 0.15) is 0 Å². The molecule has 2 N–H and O–H groups in total. The lowest BCUT2D eigenvalue weighted by Gasteiger charge is -2.23. The predicted octanol–water partition coefficient (Wildman–Crippen LogP) is 2.42. The van der Waals surface area contributed by atoms with E-state index >= 15 is 0 Å². The second-order valence-corrected chi connectivity index (χ2v) is 5.56. The number of carbonyl (C=O) groups is 1. The van der Waals surface area contributed by atoms with Crippen LogP contribution in [-0.2, 0) is 15.8 Å². The monoisotopic (exact) mass is 234 g/mol. The Morgan fingerprint density at radius 1 is 1.29 bits per heavy atom. The van der Waals surface area contributed by atoms with Crippen molar-refractivity contribution < 1.29 is 15.0 Å². The SMILES string of the molecule is CC(C)(CC(=O)O)c1ccc(C2(O)CC2)cc1. The minimum atomic E-state index is -0.792. The van der Waals surface area contributed by atoms with Crippen molar-refractivity contribution >= 4 is 5.97 Å². The molecule has 1 saturated carbocycles. The van der Waals surface area contributed by atoms with Crippen LogP contribution >= 0.6 is 0 Å². The number of hydrogen-bond acceptors (Lipinski definition) is 2. The van der Waals surface area contributed by atoms with E-state index in [1.54, 1.807) is 0 Å². The van der Waals surface area contributed by atoms with Crippen molar-refractivity contribution in [1.29, 1.82) is 0 Å². The van der Waals surface area contributed by atoms with Crippen molar-refractivity contribution in [2.45, 2.75) is 44.1 Å². The maximum atomic E-state index is 10.8. The van der Waals surface area contributed by atoms with E-state index in [0.717, 1.165) is 24.0 Å². The van der Waals surface area contributed by atoms with E-state index in [1.807, 2.05) is 38.1 Å². The van der Waals surface area contributed by atoms with E-state index in [2.05, 4.69) is 0 Å². The van der Waals surface area contributed by atoms with Crippen LogP contribution in [0, 0.1) is 0 Å². The lowest BCUT2D eigenvalue weighted by atomic mass is 9.81. The first kappa shape index (κ1) is 12.1. The summed E-state index contributed by atoms with van der Waals surface area (Å²) in [7, 11) is 0. The first-order chi connectivity index (χ1) is 7.83. The van der Waals surface area contributed by atoms with E-state index in [1.165, 1.54) is 0 Å². The van der Waals surface area contributed by atoms with Gasteiger partial charge in [-0.15, -0.1) is 0 Å². The molecule has 1 aliphatic rings. The quantitative estimate of drug-likeness (QED) is 0.841. The highest BCUT2D eigenvalue weighted by Gasteiger charge is 2.42. The van der Waals surface area contributed by atoms with Crippen molar-refractivity contribution in [3.05, 3.63) is 35.4 Å². The van der Waals surface area contributed by atoms with E-state index in [9.17, 15) is 9.90 Å². The Balaban J connectivity index is 2.20. The van der Waals surface area contributed by atoms with Gasteiger partial charge in [-0.05, 0) is 24.0 Å². The third kappa shape index (κ3) is 2.50. The number of benzene rings is 1. The highest BCUT2D eigenvalue weighted by molar-refractivity contribution is 5.68. The molecule has 92 valence electrons. The van der Waals surface area contributed by atoms with Crippen LogP contribution in [-0.4, -0.2) is 16.2 Å². The molecule has 0 saturated heterocycles. The van der Waals surface area contributed by atoms with Gasteiger partial charge in [-0.1, -0.05) is 38.1 Å². The van der Waals surface area contributed by atoms with Crippen molar-refractivity contribution in [3.63, 3.8) is 0 Å². The molecule has 2 rings (SSSR count). The van der Waals surface area contributed by atoms with E-state index < -0.39 is 11.6 Å². The topological polar surface area (TPSA) is 57.5 Å². The standard InChI is InChI=1S/C14H18O3/c1-13(2,9-12(15)16)10-3-5-11(6-4-10)14(17)7-8-14/h3-6,17H,7-9H2,1-2H3,(H,15,16). The van der Waals surface area contributed by atoms with Crippen LogP contribution < -0.4 is 0 Å². The fourth-order valence-electron chi connectivity index (χ4n) is 2.12. The third-order valence-corrected chi connectivity index (χ3v) is 3.52. The first-order valence-electron chi connectivity index (χ1n) is 5.89. The maximum absolute atomic E-state index is 10.8. The number of carboxylic acid groups (broad SMARTS) is 1. The molecular formula is C14H18O3. The molecular weight excluding hydrogens is 216 g/mol.